The molecule has 0 amide bonds. The van der Waals surface area contributed by atoms with E-state index in [-0.39, 0.29) is 6.54 Å². The van der Waals surface area contributed by atoms with Crippen LogP contribution in [-0.4, -0.2) is 38.1 Å². The van der Waals surface area contributed by atoms with Crippen LogP contribution in [0.4, 0.5) is 0 Å². The Balaban J connectivity index is 2.43. The van der Waals surface area contributed by atoms with Gasteiger partial charge in [-0.2, -0.15) is 0 Å². The van der Waals surface area contributed by atoms with Crippen molar-refractivity contribution in [1.82, 2.24) is 10.3 Å². The van der Waals surface area contributed by atoms with E-state index in [4.69, 9.17) is 26.8 Å². The monoisotopic (exact) mass is 259 g/mol. The lowest BCUT2D eigenvalue weighted by molar-refractivity contribution is -0.195. The molecule has 0 aliphatic carbocycles. The van der Waals surface area contributed by atoms with Crippen molar-refractivity contribution in [2.75, 3.05) is 27.3 Å². The van der Waals surface area contributed by atoms with Crippen molar-refractivity contribution in [3.8, 4) is 0 Å². The lowest BCUT2D eigenvalue weighted by Crippen LogP contribution is -2.49. The molecule has 0 aromatic carbocycles. The number of hydrogen-bond donors (Lipinski definition) is 2. The third-order valence-electron chi connectivity index (χ3n) is 2.57. The number of nitrogens with one attached hydrogen (secondary N) is 1. The van der Waals surface area contributed by atoms with Crippen molar-refractivity contribution in [3.05, 3.63) is 29.0 Å². The van der Waals surface area contributed by atoms with Gasteiger partial charge >= 0.3 is 0 Å². The Morgan fingerprint density at radius 2 is 2.12 bits per heavy atom. The maximum absolute atomic E-state index is 5.70. The molecule has 0 radical (unpaired) electrons. The molecular weight excluding hydrogens is 242 g/mol. The zero-order chi connectivity index (χ0) is 12.7. The topological polar surface area (TPSA) is 69.4 Å². The Labute approximate surface area is 106 Å². The summed E-state index contributed by atoms with van der Waals surface area (Å²) in [4.78, 5) is 3.99. The van der Waals surface area contributed by atoms with E-state index < -0.39 is 5.79 Å². The molecule has 0 fully saturated rings. The first-order valence-electron chi connectivity index (χ1n) is 5.27. The number of nitrogens with zero attached hydrogens (tertiary/aromatic N) is 1. The summed E-state index contributed by atoms with van der Waals surface area (Å²) in [6, 6.07) is 3.66. The van der Waals surface area contributed by atoms with Crippen LogP contribution in [0.2, 0.25) is 5.15 Å². The van der Waals surface area contributed by atoms with E-state index in [9.17, 15) is 0 Å². The van der Waals surface area contributed by atoms with Crippen molar-refractivity contribution in [1.29, 1.82) is 0 Å². The zero-order valence-corrected chi connectivity index (χ0v) is 10.8. The normalized spacial score (nSPS) is 11.8. The molecule has 0 atom stereocenters. The van der Waals surface area contributed by atoms with E-state index in [1.165, 1.54) is 0 Å². The third kappa shape index (κ3) is 4.22. The van der Waals surface area contributed by atoms with E-state index in [0.717, 1.165) is 5.56 Å². The summed E-state index contributed by atoms with van der Waals surface area (Å²) in [5, 5.41) is 3.69. The third-order valence-corrected chi connectivity index (χ3v) is 2.79. The van der Waals surface area contributed by atoms with Crippen molar-refractivity contribution < 1.29 is 9.47 Å². The van der Waals surface area contributed by atoms with Gasteiger partial charge in [-0.25, -0.2) is 4.98 Å². The molecule has 6 heteroatoms. The van der Waals surface area contributed by atoms with Crippen molar-refractivity contribution in [2.24, 2.45) is 5.73 Å². The van der Waals surface area contributed by atoms with Crippen LogP contribution >= 0.6 is 11.6 Å². The molecule has 0 unspecified atom stereocenters. The highest BCUT2D eigenvalue weighted by Gasteiger charge is 2.26. The Morgan fingerprint density at radius 1 is 1.41 bits per heavy atom. The number of ether oxygens (including phenoxy) is 2. The quantitative estimate of drug-likeness (QED) is 0.559. The van der Waals surface area contributed by atoms with Gasteiger partial charge in [-0.3, -0.25) is 0 Å². The molecule has 0 spiro atoms. The van der Waals surface area contributed by atoms with Gasteiger partial charge < -0.3 is 20.5 Å². The molecule has 1 heterocycles. The molecule has 0 aliphatic heterocycles. The van der Waals surface area contributed by atoms with Gasteiger partial charge in [-0.05, 0) is 11.6 Å². The Hall–Kier alpha value is -0.720. The second kappa shape index (κ2) is 6.88. The number of hydrogen-bond acceptors (Lipinski definition) is 5. The molecule has 5 nitrogen and oxygen atoms in total. The molecule has 0 saturated carbocycles. The zero-order valence-electron chi connectivity index (χ0n) is 10.1. The Bertz CT molecular complexity index is 320. The fourth-order valence-electron chi connectivity index (χ4n) is 1.37. The van der Waals surface area contributed by atoms with Gasteiger partial charge in [0.05, 0.1) is 6.54 Å². The largest absolute Gasteiger partial charge is 0.351 e. The summed E-state index contributed by atoms with van der Waals surface area (Å²) in [5.41, 5.74) is 6.64. The predicted octanol–water partition coefficient (Wildman–Crippen LogP) is 0.772. The lowest BCUT2D eigenvalue weighted by Gasteiger charge is -2.29. The van der Waals surface area contributed by atoms with Gasteiger partial charge in [-0.1, -0.05) is 17.7 Å². The highest BCUT2D eigenvalue weighted by molar-refractivity contribution is 6.29. The standard InChI is InChI=1S/C11H18ClN3O2/c1-16-11(7-13,17-2)8-14-5-9-3-4-10(12)15-6-9/h3-4,6,14H,5,7-8,13H2,1-2H3. The SMILES string of the molecule is COC(CN)(CNCc1ccc(Cl)nc1)OC. The smallest absolute Gasteiger partial charge is 0.192 e. The molecule has 1 rings (SSSR count). The molecule has 0 bridgehead atoms. The van der Waals surface area contributed by atoms with E-state index in [0.29, 0.717) is 18.2 Å². The second-order valence-corrected chi connectivity index (χ2v) is 4.00. The first-order chi connectivity index (χ1) is 8.15. The molecule has 96 valence electrons. The molecule has 1 aromatic heterocycles. The fraction of sp³-hybridized carbons (Fsp3) is 0.545. The van der Waals surface area contributed by atoms with Crippen molar-refractivity contribution >= 4 is 11.6 Å². The van der Waals surface area contributed by atoms with Crippen LogP contribution < -0.4 is 11.1 Å². The molecular formula is C11H18ClN3O2. The van der Waals surface area contributed by atoms with Gasteiger partial charge in [0.2, 0.25) is 0 Å². The van der Waals surface area contributed by atoms with Gasteiger partial charge in [0.15, 0.2) is 5.79 Å². The van der Waals surface area contributed by atoms with Crippen LogP contribution in [0.15, 0.2) is 18.3 Å². The Morgan fingerprint density at radius 3 is 2.59 bits per heavy atom. The van der Waals surface area contributed by atoms with Gasteiger partial charge in [0.25, 0.3) is 0 Å². The molecule has 1 aromatic rings. The molecule has 0 saturated heterocycles. The van der Waals surface area contributed by atoms with E-state index >= 15 is 0 Å². The van der Waals surface area contributed by atoms with Crippen molar-refractivity contribution in [2.45, 2.75) is 12.3 Å². The van der Waals surface area contributed by atoms with Gasteiger partial charge in [-0.15, -0.1) is 0 Å². The summed E-state index contributed by atoms with van der Waals surface area (Å²) in [6.45, 7) is 1.43. The van der Waals surface area contributed by atoms with E-state index in [1.807, 2.05) is 6.07 Å². The number of methoxy groups -OCH3 is 2. The fourth-order valence-corrected chi connectivity index (χ4v) is 1.49. The van der Waals surface area contributed by atoms with Gasteiger partial charge in [0.1, 0.15) is 5.15 Å². The number of nitrogens with two attached hydrogens (primary N) is 1. The maximum atomic E-state index is 5.70. The first kappa shape index (κ1) is 14.3. The van der Waals surface area contributed by atoms with E-state index in [2.05, 4.69) is 10.3 Å². The van der Waals surface area contributed by atoms with Crippen LogP contribution in [0.25, 0.3) is 0 Å². The molecule has 3 N–H and O–H groups in total. The minimum atomic E-state index is -0.778. The summed E-state index contributed by atoms with van der Waals surface area (Å²) in [7, 11) is 3.14. The van der Waals surface area contributed by atoms with Crippen LogP contribution in [0.3, 0.4) is 0 Å². The number of rotatable bonds is 7. The highest BCUT2D eigenvalue weighted by atomic mass is 35.5. The van der Waals surface area contributed by atoms with Crippen LogP contribution in [-0.2, 0) is 16.0 Å². The average molecular weight is 260 g/mol. The maximum Gasteiger partial charge on any atom is 0.192 e. The van der Waals surface area contributed by atoms with Crippen LogP contribution in [0, 0.1) is 0 Å². The number of aromatic nitrogens is 1. The number of pyridine rings is 1. The number of halogens is 1. The predicted molar refractivity (Wildman–Crippen MR) is 66.8 cm³/mol. The Kier molecular flexibility index (Phi) is 5.80. The minimum absolute atomic E-state index is 0.284. The molecule has 0 aliphatic rings. The van der Waals surface area contributed by atoms with Crippen molar-refractivity contribution in [3.63, 3.8) is 0 Å². The average Bonchev–Trinajstić information content (AvgIpc) is 2.38. The highest BCUT2D eigenvalue weighted by Crippen LogP contribution is 2.09. The van der Waals surface area contributed by atoms with Crippen LogP contribution in [0.1, 0.15) is 5.56 Å². The first-order valence-corrected chi connectivity index (χ1v) is 5.65. The van der Waals surface area contributed by atoms with Crippen LogP contribution in [0.5, 0.6) is 0 Å². The lowest BCUT2D eigenvalue weighted by atomic mass is 10.2. The van der Waals surface area contributed by atoms with Gasteiger partial charge in [0, 0.05) is 33.5 Å². The van der Waals surface area contributed by atoms with E-state index in [1.54, 1.807) is 26.5 Å². The summed E-state index contributed by atoms with van der Waals surface area (Å²) in [5.74, 6) is -0.778. The molecule has 17 heavy (non-hydrogen) atoms. The summed E-state index contributed by atoms with van der Waals surface area (Å²) in [6.07, 6.45) is 1.72. The second-order valence-electron chi connectivity index (χ2n) is 3.62. The minimum Gasteiger partial charge on any atom is -0.351 e. The summed E-state index contributed by atoms with van der Waals surface area (Å²) < 4.78 is 10.5. The summed E-state index contributed by atoms with van der Waals surface area (Å²) >= 11 is 5.70.